The fourth-order valence-electron chi connectivity index (χ4n) is 1.40. The molecule has 0 aliphatic rings. The van der Waals surface area contributed by atoms with Crippen molar-refractivity contribution >= 4 is 11.9 Å². The largest absolute Gasteiger partial charge is 0.467 e. The Kier molecular flexibility index (Phi) is 6.80. The van der Waals surface area contributed by atoms with E-state index in [0.717, 1.165) is 0 Å². The molecule has 0 heterocycles. The van der Waals surface area contributed by atoms with Crippen LogP contribution in [0.2, 0.25) is 0 Å². The molecule has 5 nitrogen and oxygen atoms in total. The summed E-state index contributed by atoms with van der Waals surface area (Å²) in [5.41, 5.74) is 5.72. The lowest BCUT2D eigenvalue weighted by Gasteiger charge is -2.22. The fourth-order valence-corrected chi connectivity index (χ4v) is 1.40. The minimum Gasteiger partial charge on any atom is -0.467 e. The Labute approximate surface area is 103 Å². The van der Waals surface area contributed by atoms with Crippen molar-refractivity contribution in [3.05, 3.63) is 0 Å². The second kappa shape index (κ2) is 7.27. The number of ether oxygens (including phenoxy) is 1. The van der Waals surface area contributed by atoms with Crippen LogP contribution in [0.5, 0.6) is 0 Å². The van der Waals surface area contributed by atoms with E-state index in [9.17, 15) is 9.59 Å². The molecule has 100 valence electrons. The number of nitrogens with one attached hydrogen (secondary N) is 1. The fraction of sp³-hybridized carbons (Fsp3) is 0.833. The zero-order chi connectivity index (χ0) is 13.6. The molecule has 2 atom stereocenters. The molecular formula is C12H24N2O3. The molecule has 0 fully saturated rings. The molecule has 0 aromatic heterocycles. The van der Waals surface area contributed by atoms with Gasteiger partial charge in [0.15, 0.2) is 0 Å². The lowest BCUT2D eigenvalue weighted by atomic mass is 10.0. The molecule has 0 rings (SSSR count). The predicted octanol–water partition coefficient (Wildman–Crippen LogP) is 0.674. The second-order valence-electron chi connectivity index (χ2n) is 4.98. The maximum Gasteiger partial charge on any atom is 0.328 e. The van der Waals surface area contributed by atoms with Crippen molar-refractivity contribution in [1.82, 2.24) is 5.32 Å². The summed E-state index contributed by atoms with van der Waals surface area (Å²) in [7, 11) is 1.31. The molecule has 0 bridgehead atoms. The van der Waals surface area contributed by atoms with E-state index in [1.165, 1.54) is 7.11 Å². The van der Waals surface area contributed by atoms with Gasteiger partial charge in [-0.2, -0.15) is 0 Å². The first-order valence-corrected chi connectivity index (χ1v) is 5.93. The molecule has 0 aromatic carbocycles. The highest BCUT2D eigenvalue weighted by Crippen LogP contribution is 2.07. The van der Waals surface area contributed by atoms with Crippen molar-refractivity contribution in [2.24, 2.45) is 17.6 Å². The Bertz CT molecular complexity index is 264. The van der Waals surface area contributed by atoms with Crippen LogP contribution in [0.3, 0.4) is 0 Å². The molecule has 0 aromatic rings. The van der Waals surface area contributed by atoms with Gasteiger partial charge in [0.05, 0.1) is 13.2 Å². The number of hydrogen-bond acceptors (Lipinski definition) is 4. The number of carbonyl (C=O) groups excluding carboxylic acids is 2. The Balaban J connectivity index is 4.53. The highest BCUT2D eigenvalue weighted by atomic mass is 16.5. The Hall–Kier alpha value is -1.10. The van der Waals surface area contributed by atoms with Gasteiger partial charge in [-0.25, -0.2) is 4.79 Å². The third-order valence-corrected chi connectivity index (χ3v) is 2.53. The minimum absolute atomic E-state index is 0.0346. The van der Waals surface area contributed by atoms with Crippen molar-refractivity contribution in [3.8, 4) is 0 Å². The maximum atomic E-state index is 11.8. The van der Waals surface area contributed by atoms with E-state index in [-0.39, 0.29) is 17.7 Å². The zero-order valence-corrected chi connectivity index (χ0v) is 11.3. The van der Waals surface area contributed by atoms with E-state index in [0.29, 0.717) is 6.42 Å². The molecule has 0 radical (unpaired) electrons. The van der Waals surface area contributed by atoms with Crippen molar-refractivity contribution in [2.75, 3.05) is 7.11 Å². The number of amides is 1. The first-order chi connectivity index (χ1) is 7.79. The highest BCUT2D eigenvalue weighted by Gasteiger charge is 2.26. The molecule has 17 heavy (non-hydrogen) atoms. The van der Waals surface area contributed by atoms with E-state index in [1.54, 1.807) is 0 Å². The van der Waals surface area contributed by atoms with Crippen LogP contribution in [0, 0.1) is 11.8 Å². The second-order valence-corrected chi connectivity index (χ2v) is 4.98. The Morgan fingerprint density at radius 3 is 2.12 bits per heavy atom. The molecule has 0 unspecified atom stereocenters. The van der Waals surface area contributed by atoms with Crippen molar-refractivity contribution in [1.29, 1.82) is 0 Å². The normalized spacial score (nSPS) is 14.6. The standard InChI is InChI=1S/C12H24N2O3/c1-7(2)6-9(12(16)17-5)14-11(15)10(13)8(3)4/h7-10H,6,13H2,1-5H3,(H,14,15)/t9-,10+/m0/s1. The lowest BCUT2D eigenvalue weighted by molar-refractivity contribution is -0.145. The van der Waals surface area contributed by atoms with Crippen molar-refractivity contribution in [2.45, 2.75) is 46.2 Å². The van der Waals surface area contributed by atoms with Crippen LogP contribution in [0.1, 0.15) is 34.1 Å². The van der Waals surface area contributed by atoms with Crippen molar-refractivity contribution in [3.63, 3.8) is 0 Å². The van der Waals surface area contributed by atoms with Crippen LogP contribution in [0.25, 0.3) is 0 Å². The summed E-state index contributed by atoms with van der Waals surface area (Å²) < 4.78 is 4.66. The average molecular weight is 244 g/mol. The van der Waals surface area contributed by atoms with Crippen LogP contribution in [-0.4, -0.2) is 31.1 Å². The smallest absolute Gasteiger partial charge is 0.328 e. The monoisotopic (exact) mass is 244 g/mol. The lowest BCUT2D eigenvalue weighted by Crippen LogP contribution is -2.50. The summed E-state index contributed by atoms with van der Waals surface area (Å²) in [5, 5.41) is 2.64. The maximum absolute atomic E-state index is 11.8. The summed E-state index contributed by atoms with van der Waals surface area (Å²) in [5.74, 6) is -0.416. The molecule has 0 saturated heterocycles. The van der Waals surface area contributed by atoms with Gasteiger partial charge < -0.3 is 15.8 Å². The molecule has 0 aliphatic heterocycles. The summed E-state index contributed by atoms with van der Waals surface area (Å²) in [6.45, 7) is 7.68. The van der Waals surface area contributed by atoms with Gasteiger partial charge in [-0.05, 0) is 18.3 Å². The van der Waals surface area contributed by atoms with Gasteiger partial charge in [-0.3, -0.25) is 4.79 Å². The molecule has 5 heteroatoms. The number of hydrogen-bond donors (Lipinski definition) is 2. The van der Waals surface area contributed by atoms with E-state index in [4.69, 9.17) is 5.73 Å². The molecular weight excluding hydrogens is 220 g/mol. The van der Waals surface area contributed by atoms with E-state index < -0.39 is 18.1 Å². The van der Waals surface area contributed by atoms with E-state index in [2.05, 4.69) is 10.1 Å². The van der Waals surface area contributed by atoms with E-state index >= 15 is 0 Å². The number of carbonyl (C=O) groups is 2. The number of esters is 1. The van der Waals surface area contributed by atoms with E-state index in [1.807, 2.05) is 27.7 Å². The van der Waals surface area contributed by atoms with Crippen LogP contribution in [0.15, 0.2) is 0 Å². The third kappa shape index (κ3) is 5.68. The van der Waals surface area contributed by atoms with Gasteiger partial charge in [-0.15, -0.1) is 0 Å². The minimum atomic E-state index is -0.614. The first kappa shape index (κ1) is 15.9. The molecule has 1 amide bonds. The Morgan fingerprint density at radius 2 is 1.76 bits per heavy atom. The zero-order valence-electron chi connectivity index (χ0n) is 11.3. The van der Waals surface area contributed by atoms with Crippen LogP contribution < -0.4 is 11.1 Å². The van der Waals surface area contributed by atoms with Crippen LogP contribution in [-0.2, 0) is 14.3 Å². The highest BCUT2D eigenvalue weighted by molar-refractivity contribution is 5.87. The van der Waals surface area contributed by atoms with Crippen molar-refractivity contribution < 1.29 is 14.3 Å². The van der Waals surface area contributed by atoms with Gasteiger partial charge in [0.25, 0.3) is 0 Å². The van der Waals surface area contributed by atoms with Crippen LogP contribution in [0.4, 0.5) is 0 Å². The third-order valence-electron chi connectivity index (χ3n) is 2.53. The van der Waals surface area contributed by atoms with Crippen LogP contribution >= 0.6 is 0 Å². The molecule has 0 spiro atoms. The van der Waals surface area contributed by atoms with Gasteiger partial charge in [0.2, 0.25) is 5.91 Å². The molecule has 0 saturated carbocycles. The Morgan fingerprint density at radius 1 is 1.24 bits per heavy atom. The number of nitrogens with two attached hydrogens (primary N) is 1. The van der Waals surface area contributed by atoms with Gasteiger partial charge >= 0.3 is 5.97 Å². The average Bonchev–Trinajstić information content (AvgIpc) is 2.24. The number of methoxy groups -OCH3 is 1. The van der Waals surface area contributed by atoms with Gasteiger partial charge in [-0.1, -0.05) is 27.7 Å². The summed E-state index contributed by atoms with van der Waals surface area (Å²) >= 11 is 0. The summed E-state index contributed by atoms with van der Waals surface area (Å²) in [6.07, 6.45) is 0.545. The quantitative estimate of drug-likeness (QED) is 0.673. The van der Waals surface area contributed by atoms with Gasteiger partial charge in [0.1, 0.15) is 6.04 Å². The summed E-state index contributed by atoms with van der Waals surface area (Å²) in [6, 6.07) is -1.22. The molecule has 0 aliphatic carbocycles. The van der Waals surface area contributed by atoms with Gasteiger partial charge in [0, 0.05) is 0 Å². The predicted molar refractivity (Wildman–Crippen MR) is 66.2 cm³/mol. The molecule has 3 N–H and O–H groups in total. The number of rotatable bonds is 6. The SMILES string of the molecule is COC(=O)[C@H](CC(C)C)NC(=O)[C@H](N)C(C)C. The summed E-state index contributed by atoms with van der Waals surface area (Å²) in [4.78, 5) is 23.3. The topological polar surface area (TPSA) is 81.4 Å². The first-order valence-electron chi connectivity index (χ1n) is 5.93.